The van der Waals surface area contributed by atoms with Gasteiger partial charge in [-0.05, 0) is 41.8 Å². The second-order valence-electron chi connectivity index (χ2n) is 5.02. The number of hydrogen-bond acceptors (Lipinski definition) is 2. The molecule has 3 N–H and O–H groups in total. The number of aromatic nitrogens is 2. The van der Waals surface area contributed by atoms with E-state index in [-0.39, 0.29) is 5.82 Å². The maximum absolute atomic E-state index is 12.9. The van der Waals surface area contributed by atoms with Crippen molar-refractivity contribution >= 4 is 23.0 Å². The number of hydrogen-bond donors (Lipinski definition) is 2. The Labute approximate surface area is 126 Å². The molecule has 0 bridgehead atoms. The normalized spacial score (nSPS) is 11.3. The first kappa shape index (κ1) is 14.0. The zero-order chi connectivity index (χ0) is 15.5. The van der Waals surface area contributed by atoms with Crippen molar-refractivity contribution in [2.45, 2.75) is 6.42 Å². The summed E-state index contributed by atoms with van der Waals surface area (Å²) in [6, 6.07) is 8.40. The van der Waals surface area contributed by atoms with Gasteiger partial charge in [0.05, 0.1) is 0 Å². The minimum Gasteiger partial charge on any atom is -0.366 e. The van der Waals surface area contributed by atoms with E-state index in [1.165, 1.54) is 18.2 Å². The topological polar surface area (TPSA) is 71.8 Å². The van der Waals surface area contributed by atoms with Crippen molar-refractivity contribution < 1.29 is 9.18 Å². The van der Waals surface area contributed by atoms with Gasteiger partial charge in [-0.1, -0.05) is 12.1 Å². The van der Waals surface area contributed by atoms with Crippen LogP contribution in [0, 0.1) is 5.82 Å². The molecular formula is C17H14FN3O. The minimum atomic E-state index is -0.496. The molecule has 0 radical (unpaired) electrons. The van der Waals surface area contributed by atoms with Gasteiger partial charge >= 0.3 is 0 Å². The Hall–Kier alpha value is -2.95. The maximum atomic E-state index is 12.9. The zero-order valence-corrected chi connectivity index (χ0v) is 11.7. The number of nitrogens with one attached hydrogen (secondary N) is 1. The molecular weight excluding hydrogens is 281 g/mol. The third kappa shape index (κ3) is 3.03. The van der Waals surface area contributed by atoms with Crippen LogP contribution in [0.2, 0.25) is 0 Å². The number of nitrogens with zero attached hydrogens (tertiary/aromatic N) is 1. The fourth-order valence-electron chi connectivity index (χ4n) is 2.31. The molecule has 110 valence electrons. The number of nitrogens with two attached hydrogens (primary N) is 1. The quantitative estimate of drug-likeness (QED) is 0.726. The molecule has 0 fully saturated rings. The molecule has 3 rings (SSSR count). The number of pyridine rings is 1. The van der Waals surface area contributed by atoms with Crippen molar-refractivity contribution in [1.82, 2.24) is 9.97 Å². The summed E-state index contributed by atoms with van der Waals surface area (Å²) in [5, 5.41) is 0.914. The number of fused-ring (bicyclic) bond motifs is 1. The second kappa shape index (κ2) is 5.81. The molecule has 0 saturated heterocycles. The number of primary amides is 1. The van der Waals surface area contributed by atoms with Crippen LogP contribution in [0.25, 0.3) is 17.1 Å². The Morgan fingerprint density at radius 2 is 2.05 bits per heavy atom. The molecule has 3 aromatic rings. The molecule has 0 atom stereocenters. The smallest absolute Gasteiger partial charge is 0.241 e. The summed E-state index contributed by atoms with van der Waals surface area (Å²) in [6.45, 7) is 0. The van der Waals surface area contributed by atoms with E-state index in [1.807, 2.05) is 6.07 Å². The molecule has 0 aliphatic heterocycles. The Morgan fingerprint density at radius 1 is 1.27 bits per heavy atom. The van der Waals surface area contributed by atoms with Crippen LogP contribution in [0.1, 0.15) is 16.7 Å². The van der Waals surface area contributed by atoms with Gasteiger partial charge in [0.1, 0.15) is 11.5 Å². The number of carbonyl (C=O) groups is 1. The van der Waals surface area contributed by atoms with E-state index in [0.29, 0.717) is 6.42 Å². The van der Waals surface area contributed by atoms with Crippen LogP contribution in [-0.2, 0) is 11.2 Å². The van der Waals surface area contributed by atoms with E-state index in [2.05, 4.69) is 9.97 Å². The number of rotatable bonds is 4. The van der Waals surface area contributed by atoms with Crippen molar-refractivity contribution in [3.05, 3.63) is 71.3 Å². The highest BCUT2D eigenvalue weighted by Crippen LogP contribution is 2.20. The lowest BCUT2D eigenvalue weighted by atomic mass is 10.0. The molecule has 5 heteroatoms. The summed E-state index contributed by atoms with van der Waals surface area (Å²) in [4.78, 5) is 18.3. The highest BCUT2D eigenvalue weighted by atomic mass is 19.1. The monoisotopic (exact) mass is 295 g/mol. The van der Waals surface area contributed by atoms with Crippen LogP contribution in [-0.4, -0.2) is 15.9 Å². The van der Waals surface area contributed by atoms with Crippen LogP contribution >= 0.6 is 0 Å². The van der Waals surface area contributed by atoms with E-state index >= 15 is 0 Å². The Kier molecular flexibility index (Phi) is 3.70. The van der Waals surface area contributed by atoms with E-state index in [9.17, 15) is 9.18 Å². The first-order valence-electron chi connectivity index (χ1n) is 6.80. The standard InChI is InChI=1S/C17H14FN3O/c18-14-4-1-11(2-5-14)7-12-8-15-13(3-6-16(19)22)10-21-17(15)20-9-12/h1-6,8-10H,7H2,(H2,19,22)(H,20,21). The lowest BCUT2D eigenvalue weighted by molar-refractivity contribution is -0.113. The highest BCUT2D eigenvalue weighted by Gasteiger charge is 2.05. The van der Waals surface area contributed by atoms with Crippen molar-refractivity contribution in [1.29, 1.82) is 0 Å². The van der Waals surface area contributed by atoms with Crippen LogP contribution in [0.3, 0.4) is 0 Å². The fraction of sp³-hybridized carbons (Fsp3) is 0.0588. The van der Waals surface area contributed by atoms with Gasteiger partial charge in [0.2, 0.25) is 5.91 Å². The molecule has 1 aromatic carbocycles. The molecule has 0 spiro atoms. The maximum Gasteiger partial charge on any atom is 0.241 e. The summed E-state index contributed by atoms with van der Waals surface area (Å²) in [6.07, 6.45) is 7.19. The van der Waals surface area contributed by atoms with Crippen molar-refractivity contribution in [3.63, 3.8) is 0 Å². The SMILES string of the molecule is NC(=O)C=Cc1c[nH]c2ncc(Cc3ccc(F)cc3)cc12. The first-order valence-corrected chi connectivity index (χ1v) is 6.80. The molecule has 1 amide bonds. The van der Waals surface area contributed by atoms with Crippen LogP contribution in [0.4, 0.5) is 4.39 Å². The van der Waals surface area contributed by atoms with Crippen LogP contribution in [0.15, 0.2) is 48.8 Å². The predicted octanol–water partition coefficient (Wildman–Crippen LogP) is 2.79. The van der Waals surface area contributed by atoms with E-state index in [4.69, 9.17) is 5.73 Å². The van der Waals surface area contributed by atoms with E-state index in [0.717, 1.165) is 27.7 Å². The zero-order valence-electron chi connectivity index (χ0n) is 11.7. The molecule has 2 heterocycles. The molecule has 0 aliphatic carbocycles. The average Bonchev–Trinajstić information content (AvgIpc) is 2.90. The summed E-state index contributed by atoms with van der Waals surface area (Å²) in [7, 11) is 0. The van der Waals surface area contributed by atoms with Gasteiger partial charge in [0, 0.05) is 29.4 Å². The van der Waals surface area contributed by atoms with Crippen molar-refractivity contribution in [2.75, 3.05) is 0 Å². The van der Waals surface area contributed by atoms with Gasteiger partial charge in [-0.15, -0.1) is 0 Å². The van der Waals surface area contributed by atoms with E-state index < -0.39 is 5.91 Å². The van der Waals surface area contributed by atoms with Gasteiger partial charge in [-0.3, -0.25) is 4.79 Å². The van der Waals surface area contributed by atoms with Gasteiger partial charge in [-0.25, -0.2) is 9.37 Å². The number of amides is 1. The second-order valence-corrected chi connectivity index (χ2v) is 5.02. The van der Waals surface area contributed by atoms with Gasteiger partial charge in [0.15, 0.2) is 0 Å². The molecule has 4 nitrogen and oxygen atoms in total. The number of benzene rings is 1. The number of H-pyrrole nitrogens is 1. The third-order valence-corrected chi connectivity index (χ3v) is 3.37. The average molecular weight is 295 g/mol. The number of aromatic amines is 1. The van der Waals surface area contributed by atoms with Gasteiger partial charge in [0.25, 0.3) is 0 Å². The lowest BCUT2D eigenvalue weighted by Gasteiger charge is -2.02. The number of halogens is 1. The molecule has 0 saturated carbocycles. The molecule has 22 heavy (non-hydrogen) atoms. The van der Waals surface area contributed by atoms with E-state index in [1.54, 1.807) is 30.6 Å². The fourth-order valence-corrected chi connectivity index (χ4v) is 2.31. The third-order valence-electron chi connectivity index (χ3n) is 3.37. The Morgan fingerprint density at radius 3 is 2.77 bits per heavy atom. The minimum absolute atomic E-state index is 0.248. The van der Waals surface area contributed by atoms with Crippen LogP contribution < -0.4 is 5.73 Å². The summed E-state index contributed by atoms with van der Waals surface area (Å²) < 4.78 is 12.9. The number of carbonyl (C=O) groups excluding carboxylic acids is 1. The largest absolute Gasteiger partial charge is 0.366 e. The van der Waals surface area contributed by atoms with Gasteiger partial charge < -0.3 is 10.7 Å². The summed E-state index contributed by atoms with van der Waals surface area (Å²) in [5.41, 5.74) is 8.72. The van der Waals surface area contributed by atoms with Crippen molar-refractivity contribution in [2.24, 2.45) is 5.73 Å². The summed E-state index contributed by atoms with van der Waals surface area (Å²) in [5.74, 6) is -0.744. The molecule has 0 unspecified atom stereocenters. The Balaban J connectivity index is 1.92. The van der Waals surface area contributed by atoms with Crippen LogP contribution in [0.5, 0.6) is 0 Å². The predicted molar refractivity (Wildman–Crippen MR) is 83.5 cm³/mol. The first-order chi connectivity index (χ1) is 10.6. The summed E-state index contributed by atoms with van der Waals surface area (Å²) >= 11 is 0. The van der Waals surface area contributed by atoms with Gasteiger partial charge in [-0.2, -0.15) is 0 Å². The highest BCUT2D eigenvalue weighted by molar-refractivity contribution is 5.94. The molecule has 2 aromatic heterocycles. The van der Waals surface area contributed by atoms with Crippen molar-refractivity contribution in [3.8, 4) is 0 Å². The lowest BCUT2D eigenvalue weighted by Crippen LogP contribution is -2.04. The Bertz CT molecular complexity index is 850. The molecule has 0 aliphatic rings.